The lowest BCUT2D eigenvalue weighted by atomic mass is 9.99. The van der Waals surface area contributed by atoms with E-state index in [2.05, 4.69) is 27.3 Å². The molecule has 1 amide bonds. The van der Waals surface area contributed by atoms with Gasteiger partial charge in [-0.1, -0.05) is 36.4 Å². The van der Waals surface area contributed by atoms with Gasteiger partial charge in [0, 0.05) is 26.0 Å². The topological polar surface area (TPSA) is 54.5 Å². The molecule has 136 valence electrons. The Balaban J connectivity index is 1.81. The van der Waals surface area contributed by atoms with Crippen molar-refractivity contribution in [2.45, 2.75) is 6.54 Å². The Morgan fingerprint density at radius 3 is 2.74 bits per heavy atom. The van der Waals surface area contributed by atoms with E-state index in [1.807, 2.05) is 48.7 Å². The minimum atomic E-state index is -0.146. The predicted octanol–water partition coefficient (Wildman–Crippen LogP) is 3.51. The zero-order chi connectivity index (χ0) is 18.6. The molecular formula is C22H21N3O2. The number of ether oxygens (including phenoxy) is 1. The number of hydrogen-bond acceptors (Lipinski definition) is 4. The second-order valence-electron chi connectivity index (χ2n) is 6.45. The van der Waals surface area contributed by atoms with Crippen molar-refractivity contribution in [3.63, 3.8) is 0 Å². The molecule has 0 aliphatic carbocycles. The molecule has 0 spiro atoms. The lowest BCUT2D eigenvalue weighted by molar-refractivity contribution is 0.0958. The van der Waals surface area contributed by atoms with Gasteiger partial charge in [-0.3, -0.25) is 9.78 Å². The lowest BCUT2D eigenvalue weighted by Gasteiger charge is -2.33. The molecule has 0 bridgehead atoms. The molecule has 1 N–H and O–H groups in total. The zero-order valence-corrected chi connectivity index (χ0v) is 15.2. The van der Waals surface area contributed by atoms with Crippen LogP contribution in [0.5, 0.6) is 5.75 Å². The van der Waals surface area contributed by atoms with Crippen molar-refractivity contribution in [1.82, 2.24) is 10.3 Å². The van der Waals surface area contributed by atoms with E-state index in [1.165, 1.54) is 0 Å². The fourth-order valence-corrected chi connectivity index (χ4v) is 3.36. The second-order valence-corrected chi connectivity index (χ2v) is 6.45. The summed E-state index contributed by atoms with van der Waals surface area (Å²) >= 11 is 0. The van der Waals surface area contributed by atoms with E-state index in [9.17, 15) is 4.79 Å². The summed E-state index contributed by atoms with van der Waals surface area (Å²) in [7, 11) is 1.64. The van der Waals surface area contributed by atoms with Gasteiger partial charge in [-0.25, -0.2) is 0 Å². The predicted molar refractivity (Wildman–Crippen MR) is 106 cm³/mol. The third-order valence-electron chi connectivity index (χ3n) is 4.69. The van der Waals surface area contributed by atoms with Crippen molar-refractivity contribution < 1.29 is 9.53 Å². The SMILES string of the molecule is CNC(=O)c1cc(-c2ccccc2)cc2c1OCCN2Cc1cccnc1. The number of amides is 1. The first-order chi connectivity index (χ1) is 13.3. The van der Waals surface area contributed by atoms with E-state index in [4.69, 9.17) is 4.74 Å². The highest BCUT2D eigenvalue weighted by atomic mass is 16.5. The fourth-order valence-electron chi connectivity index (χ4n) is 3.36. The Bertz CT molecular complexity index is 943. The summed E-state index contributed by atoms with van der Waals surface area (Å²) < 4.78 is 5.92. The van der Waals surface area contributed by atoms with Crippen LogP contribution in [0.2, 0.25) is 0 Å². The highest BCUT2D eigenvalue weighted by Gasteiger charge is 2.25. The van der Waals surface area contributed by atoms with E-state index >= 15 is 0 Å². The van der Waals surface area contributed by atoms with E-state index in [0.717, 1.165) is 35.5 Å². The van der Waals surface area contributed by atoms with Gasteiger partial charge in [-0.2, -0.15) is 0 Å². The van der Waals surface area contributed by atoms with Crippen molar-refractivity contribution in [2.24, 2.45) is 0 Å². The number of benzene rings is 2. The normalized spacial score (nSPS) is 12.9. The molecule has 0 saturated heterocycles. The van der Waals surface area contributed by atoms with Crippen LogP contribution in [0.1, 0.15) is 15.9 Å². The molecule has 0 saturated carbocycles. The minimum absolute atomic E-state index is 0.146. The Morgan fingerprint density at radius 1 is 1.15 bits per heavy atom. The fraction of sp³-hybridized carbons (Fsp3) is 0.182. The van der Waals surface area contributed by atoms with Crippen LogP contribution in [0, 0.1) is 0 Å². The van der Waals surface area contributed by atoms with Gasteiger partial charge in [0.05, 0.1) is 17.8 Å². The molecule has 1 aliphatic rings. The highest BCUT2D eigenvalue weighted by molar-refractivity contribution is 6.00. The summed E-state index contributed by atoms with van der Waals surface area (Å²) in [4.78, 5) is 19.0. The monoisotopic (exact) mass is 359 g/mol. The summed E-state index contributed by atoms with van der Waals surface area (Å²) in [6.07, 6.45) is 3.64. The summed E-state index contributed by atoms with van der Waals surface area (Å²) in [5.74, 6) is 0.497. The zero-order valence-electron chi connectivity index (χ0n) is 15.2. The number of nitrogens with zero attached hydrogens (tertiary/aromatic N) is 2. The number of carbonyl (C=O) groups excluding carboxylic acids is 1. The van der Waals surface area contributed by atoms with Gasteiger partial charge in [-0.15, -0.1) is 0 Å². The maximum Gasteiger partial charge on any atom is 0.254 e. The summed E-state index contributed by atoms with van der Waals surface area (Å²) in [6.45, 7) is 2.02. The number of pyridine rings is 1. The van der Waals surface area contributed by atoms with Crippen LogP contribution in [-0.2, 0) is 6.54 Å². The van der Waals surface area contributed by atoms with Crippen molar-refractivity contribution in [1.29, 1.82) is 0 Å². The van der Waals surface area contributed by atoms with E-state index < -0.39 is 0 Å². The summed E-state index contributed by atoms with van der Waals surface area (Å²) in [5, 5.41) is 2.73. The summed E-state index contributed by atoms with van der Waals surface area (Å²) in [6, 6.07) is 18.1. The smallest absolute Gasteiger partial charge is 0.254 e. The molecule has 27 heavy (non-hydrogen) atoms. The first-order valence-corrected chi connectivity index (χ1v) is 8.98. The van der Waals surface area contributed by atoms with Gasteiger partial charge in [0.25, 0.3) is 5.91 Å². The minimum Gasteiger partial charge on any atom is -0.489 e. The number of aromatic nitrogens is 1. The van der Waals surface area contributed by atoms with Crippen LogP contribution in [0.15, 0.2) is 67.0 Å². The lowest BCUT2D eigenvalue weighted by Crippen LogP contribution is -2.33. The van der Waals surface area contributed by atoms with Crippen LogP contribution in [0.25, 0.3) is 11.1 Å². The van der Waals surface area contributed by atoms with E-state index in [-0.39, 0.29) is 5.91 Å². The van der Waals surface area contributed by atoms with E-state index in [1.54, 1.807) is 13.2 Å². The maximum absolute atomic E-state index is 12.5. The van der Waals surface area contributed by atoms with Gasteiger partial charge >= 0.3 is 0 Å². The van der Waals surface area contributed by atoms with Gasteiger partial charge in [0.2, 0.25) is 0 Å². The molecule has 0 atom stereocenters. The van der Waals surface area contributed by atoms with Gasteiger partial charge < -0.3 is 15.0 Å². The van der Waals surface area contributed by atoms with Crippen LogP contribution >= 0.6 is 0 Å². The molecule has 2 heterocycles. The average molecular weight is 359 g/mol. The Labute approximate surface area is 158 Å². The number of anilines is 1. The summed E-state index contributed by atoms with van der Waals surface area (Å²) in [5.41, 5.74) is 4.68. The highest BCUT2D eigenvalue weighted by Crippen LogP contribution is 2.39. The third kappa shape index (κ3) is 3.49. The number of fused-ring (bicyclic) bond motifs is 1. The van der Waals surface area contributed by atoms with Gasteiger partial charge in [-0.05, 0) is 34.9 Å². The molecule has 0 unspecified atom stereocenters. The molecule has 5 nitrogen and oxygen atoms in total. The van der Waals surface area contributed by atoms with Crippen molar-refractivity contribution >= 4 is 11.6 Å². The number of rotatable bonds is 4. The Morgan fingerprint density at radius 2 is 2.00 bits per heavy atom. The van der Waals surface area contributed by atoms with Crippen molar-refractivity contribution in [2.75, 3.05) is 25.1 Å². The Hall–Kier alpha value is -3.34. The average Bonchev–Trinajstić information content (AvgIpc) is 2.74. The second kappa shape index (κ2) is 7.50. The van der Waals surface area contributed by atoms with Crippen LogP contribution in [-0.4, -0.2) is 31.1 Å². The van der Waals surface area contributed by atoms with Crippen LogP contribution < -0.4 is 15.0 Å². The largest absolute Gasteiger partial charge is 0.489 e. The first kappa shape index (κ1) is 17.1. The van der Waals surface area contributed by atoms with Crippen molar-refractivity contribution in [3.05, 3.63) is 78.1 Å². The van der Waals surface area contributed by atoms with E-state index in [0.29, 0.717) is 17.9 Å². The molecule has 4 rings (SSSR count). The Kier molecular flexibility index (Phi) is 4.75. The standard InChI is InChI=1S/C22H21N3O2/c1-23-22(26)19-12-18(17-7-3-2-4-8-17)13-20-21(19)27-11-10-25(20)15-16-6-5-9-24-14-16/h2-9,12-14H,10-11,15H2,1H3,(H,23,26). The van der Waals surface area contributed by atoms with Crippen molar-refractivity contribution in [3.8, 4) is 16.9 Å². The molecule has 3 aromatic rings. The molecule has 0 radical (unpaired) electrons. The maximum atomic E-state index is 12.5. The molecular weight excluding hydrogens is 338 g/mol. The molecule has 1 aliphatic heterocycles. The quantitative estimate of drug-likeness (QED) is 0.775. The third-order valence-corrected chi connectivity index (χ3v) is 4.69. The van der Waals surface area contributed by atoms with Crippen LogP contribution in [0.3, 0.4) is 0 Å². The first-order valence-electron chi connectivity index (χ1n) is 8.98. The molecule has 1 aromatic heterocycles. The molecule has 5 heteroatoms. The molecule has 0 fully saturated rings. The number of hydrogen-bond donors (Lipinski definition) is 1. The van der Waals surface area contributed by atoms with Gasteiger partial charge in [0.1, 0.15) is 6.61 Å². The molecule has 2 aromatic carbocycles. The number of nitrogens with one attached hydrogen (secondary N) is 1. The van der Waals surface area contributed by atoms with Crippen LogP contribution in [0.4, 0.5) is 5.69 Å². The number of carbonyl (C=O) groups is 1. The van der Waals surface area contributed by atoms with Gasteiger partial charge in [0.15, 0.2) is 5.75 Å².